The van der Waals surface area contributed by atoms with Gasteiger partial charge in [0.25, 0.3) is 0 Å². The molecule has 0 radical (unpaired) electrons. The Labute approximate surface area is 159 Å². The third-order valence-corrected chi connectivity index (χ3v) is 5.73. The molecule has 0 aliphatic carbocycles. The van der Waals surface area contributed by atoms with Crippen LogP contribution >= 0.6 is 39.1 Å². The summed E-state index contributed by atoms with van der Waals surface area (Å²) in [6.45, 7) is 0.709. The lowest BCUT2D eigenvalue weighted by Crippen LogP contribution is -2.39. The van der Waals surface area contributed by atoms with E-state index in [1.165, 1.54) is 0 Å². The average Bonchev–Trinajstić information content (AvgIpc) is 3.03. The molecule has 3 rings (SSSR count). The van der Waals surface area contributed by atoms with Crippen LogP contribution in [0.5, 0.6) is 0 Å². The first-order valence-corrected chi connectivity index (χ1v) is 9.22. The zero-order chi connectivity index (χ0) is 17.3. The minimum Gasteiger partial charge on any atom is -0.480 e. The van der Waals surface area contributed by atoms with Crippen LogP contribution in [0, 0.1) is 0 Å². The Morgan fingerprint density at radius 3 is 2.58 bits per heavy atom. The van der Waals surface area contributed by atoms with Crippen molar-refractivity contribution in [1.29, 1.82) is 0 Å². The smallest absolute Gasteiger partial charge is 0.320 e. The van der Waals surface area contributed by atoms with Gasteiger partial charge in [-0.3, -0.25) is 9.69 Å². The van der Waals surface area contributed by atoms with Gasteiger partial charge in [-0.1, -0.05) is 63.4 Å². The molecule has 1 aliphatic rings. The maximum Gasteiger partial charge on any atom is 0.320 e. The molecule has 0 spiro atoms. The second kappa shape index (κ2) is 7.44. The Kier molecular flexibility index (Phi) is 5.50. The van der Waals surface area contributed by atoms with Crippen LogP contribution in [0.3, 0.4) is 0 Å². The van der Waals surface area contributed by atoms with Crippen molar-refractivity contribution in [2.75, 3.05) is 6.54 Å². The van der Waals surface area contributed by atoms with Gasteiger partial charge in [-0.25, -0.2) is 0 Å². The molecule has 1 fully saturated rings. The van der Waals surface area contributed by atoms with E-state index >= 15 is 0 Å². The number of benzene rings is 2. The highest BCUT2D eigenvalue weighted by Gasteiger charge is 2.37. The number of carboxylic acid groups (broad SMARTS) is 1. The normalized spacial score (nSPS) is 19.4. The van der Waals surface area contributed by atoms with Crippen molar-refractivity contribution in [3.8, 4) is 0 Å². The molecule has 0 saturated carbocycles. The van der Waals surface area contributed by atoms with Crippen molar-refractivity contribution in [2.24, 2.45) is 0 Å². The van der Waals surface area contributed by atoms with Crippen LogP contribution in [0.25, 0.3) is 0 Å². The minimum absolute atomic E-state index is 0.243. The summed E-state index contributed by atoms with van der Waals surface area (Å²) >= 11 is 16.1. The van der Waals surface area contributed by atoms with Gasteiger partial charge in [-0.05, 0) is 42.2 Å². The lowest BCUT2D eigenvalue weighted by Gasteiger charge is -2.32. The molecule has 1 aliphatic heterocycles. The van der Waals surface area contributed by atoms with E-state index in [1.54, 1.807) is 6.07 Å². The number of hydrogen-bond acceptors (Lipinski definition) is 2. The van der Waals surface area contributed by atoms with Crippen LogP contribution in [-0.2, 0) is 4.79 Å². The van der Waals surface area contributed by atoms with E-state index in [2.05, 4.69) is 15.9 Å². The predicted octanol–water partition coefficient (Wildman–Crippen LogP) is 5.39. The SMILES string of the molecule is O=C(O)C1CCCN1C(c1ccc(Br)cc1)c1cccc(Cl)c1Cl. The monoisotopic (exact) mass is 427 g/mol. The van der Waals surface area contributed by atoms with E-state index in [4.69, 9.17) is 23.2 Å². The number of carboxylic acids is 1. The van der Waals surface area contributed by atoms with E-state index in [9.17, 15) is 9.90 Å². The van der Waals surface area contributed by atoms with Crippen LogP contribution in [0.1, 0.15) is 30.0 Å². The van der Waals surface area contributed by atoms with Gasteiger partial charge in [0.2, 0.25) is 0 Å². The first-order chi connectivity index (χ1) is 11.5. The van der Waals surface area contributed by atoms with Gasteiger partial charge in [0.15, 0.2) is 0 Å². The summed E-state index contributed by atoms with van der Waals surface area (Å²) < 4.78 is 0.971. The second-order valence-corrected chi connectivity index (χ2v) is 7.53. The molecule has 2 aromatic rings. The number of nitrogens with zero attached hydrogens (tertiary/aromatic N) is 1. The number of likely N-dealkylation sites (tertiary alicyclic amines) is 1. The summed E-state index contributed by atoms with van der Waals surface area (Å²) in [5, 5.41) is 10.5. The quantitative estimate of drug-likeness (QED) is 0.709. The molecule has 6 heteroatoms. The standard InChI is InChI=1S/C18H16BrCl2NO2/c19-12-8-6-11(7-9-12)17(13-3-1-4-14(20)16(13)21)22-10-2-5-15(22)18(23)24/h1,3-4,6-9,15,17H,2,5,10H2,(H,23,24). The largest absolute Gasteiger partial charge is 0.480 e. The Morgan fingerprint density at radius 2 is 1.92 bits per heavy atom. The maximum atomic E-state index is 11.7. The van der Waals surface area contributed by atoms with Gasteiger partial charge in [-0.2, -0.15) is 0 Å². The second-order valence-electron chi connectivity index (χ2n) is 5.83. The Bertz CT molecular complexity index is 751. The zero-order valence-corrected chi connectivity index (χ0v) is 15.9. The summed E-state index contributed by atoms with van der Waals surface area (Å²) in [6, 6.07) is 12.6. The third-order valence-electron chi connectivity index (χ3n) is 4.37. The number of rotatable bonds is 4. The third kappa shape index (κ3) is 3.47. The predicted molar refractivity (Wildman–Crippen MR) is 99.8 cm³/mol. The van der Waals surface area contributed by atoms with E-state index in [-0.39, 0.29) is 6.04 Å². The first kappa shape index (κ1) is 17.7. The molecule has 0 amide bonds. The van der Waals surface area contributed by atoms with E-state index in [1.807, 2.05) is 41.3 Å². The molecule has 3 nitrogen and oxygen atoms in total. The molecule has 24 heavy (non-hydrogen) atoms. The highest BCUT2D eigenvalue weighted by atomic mass is 79.9. The summed E-state index contributed by atoms with van der Waals surface area (Å²) in [5.41, 5.74) is 1.83. The molecule has 0 aromatic heterocycles. The average molecular weight is 429 g/mol. The lowest BCUT2D eigenvalue weighted by atomic mass is 9.96. The lowest BCUT2D eigenvalue weighted by molar-refractivity contribution is -0.142. The molecular formula is C18H16BrCl2NO2. The summed E-state index contributed by atoms with van der Waals surface area (Å²) in [6.07, 6.45) is 1.49. The molecule has 0 bridgehead atoms. The Balaban J connectivity index is 2.12. The van der Waals surface area contributed by atoms with Gasteiger partial charge in [0.05, 0.1) is 16.1 Å². The fourth-order valence-electron chi connectivity index (χ4n) is 3.29. The molecule has 2 unspecified atom stereocenters. The van der Waals surface area contributed by atoms with Crippen molar-refractivity contribution in [3.63, 3.8) is 0 Å². The summed E-state index contributed by atoms with van der Waals surface area (Å²) in [5.74, 6) is -0.798. The Morgan fingerprint density at radius 1 is 1.21 bits per heavy atom. The summed E-state index contributed by atoms with van der Waals surface area (Å²) in [7, 11) is 0. The fraction of sp³-hybridized carbons (Fsp3) is 0.278. The molecule has 1 N–H and O–H groups in total. The van der Waals surface area contributed by atoms with E-state index < -0.39 is 12.0 Å². The van der Waals surface area contributed by atoms with Crippen LogP contribution in [0.2, 0.25) is 10.0 Å². The number of carbonyl (C=O) groups is 1. The molecule has 2 atom stereocenters. The van der Waals surface area contributed by atoms with E-state index in [0.29, 0.717) is 23.0 Å². The van der Waals surface area contributed by atoms with Gasteiger partial charge in [0.1, 0.15) is 6.04 Å². The molecular weight excluding hydrogens is 413 g/mol. The Hall–Kier alpha value is -1.07. The van der Waals surface area contributed by atoms with Gasteiger partial charge < -0.3 is 5.11 Å². The van der Waals surface area contributed by atoms with Crippen LogP contribution in [-0.4, -0.2) is 28.6 Å². The van der Waals surface area contributed by atoms with Crippen LogP contribution < -0.4 is 0 Å². The fourth-order valence-corrected chi connectivity index (χ4v) is 3.97. The summed E-state index contributed by atoms with van der Waals surface area (Å²) in [4.78, 5) is 13.7. The highest BCUT2D eigenvalue weighted by Crippen LogP contribution is 2.40. The zero-order valence-electron chi connectivity index (χ0n) is 12.8. The van der Waals surface area contributed by atoms with Crippen LogP contribution in [0.4, 0.5) is 0 Å². The maximum absolute atomic E-state index is 11.7. The molecule has 1 saturated heterocycles. The number of aliphatic carboxylic acids is 1. The van der Waals surface area contributed by atoms with Crippen molar-refractivity contribution in [3.05, 3.63) is 68.1 Å². The topological polar surface area (TPSA) is 40.5 Å². The molecule has 126 valence electrons. The minimum atomic E-state index is -0.798. The van der Waals surface area contributed by atoms with Gasteiger partial charge >= 0.3 is 5.97 Å². The van der Waals surface area contributed by atoms with E-state index in [0.717, 1.165) is 22.0 Å². The number of hydrogen-bond donors (Lipinski definition) is 1. The van der Waals surface area contributed by atoms with Gasteiger partial charge in [0, 0.05) is 11.0 Å². The number of halogens is 3. The highest BCUT2D eigenvalue weighted by molar-refractivity contribution is 9.10. The van der Waals surface area contributed by atoms with Crippen molar-refractivity contribution in [1.82, 2.24) is 4.90 Å². The van der Waals surface area contributed by atoms with Crippen molar-refractivity contribution >= 4 is 45.1 Å². The van der Waals surface area contributed by atoms with Gasteiger partial charge in [-0.15, -0.1) is 0 Å². The van der Waals surface area contributed by atoms with Crippen molar-refractivity contribution < 1.29 is 9.90 Å². The first-order valence-electron chi connectivity index (χ1n) is 7.67. The molecule has 2 aromatic carbocycles. The van der Waals surface area contributed by atoms with Crippen LogP contribution in [0.15, 0.2) is 46.9 Å². The van der Waals surface area contributed by atoms with Crippen molar-refractivity contribution in [2.45, 2.75) is 24.9 Å². The molecule has 1 heterocycles.